The van der Waals surface area contributed by atoms with Crippen LogP contribution in [0.2, 0.25) is 0 Å². The minimum absolute atomic E-state index is 1.17. The molecule has 0 atom stereocenters. The van der Waals surface area contributed by atoms with E-state index in [0.717, 1.165) is 0 Å². The highest BCUT2D eigenvalue weighted by Gasteiger charge is 2.20. The number of nitrogens with zero attached hydrogens (tertiary/aromatic N) is 1. The molecule has 5 heteroatoms. The summed E-state index contributed by atoms with van der Waals surface area (Å²) in [6.45, 7) is 0. The smallest absolute Gasteiger partial charge is 0.0712 e. The Morgan fingerprint density at radius 3 is 1.51 bits per heavy atom. The summed E-state index contributed by atoms with van der Waals surface area (Å²) < 4.78 is 5.09. The Kier molecular flexibility index (Phi) is 3.97. The summed E-state index contributed by atoms with van der Waals surface area (Å²) in [5.41, 5.74) is 8.41. The normalized spacial score (nSPS) is 12.0. The van der Waals surface area contributed by atoms with E-state index in [1.807, 2.05) is 22.7 Å². The predicted octanol–water partition coefficient (Wildman–Crippen LogP) is 9.20. The highest BCUT2D eigenvalue weighted by molar-refractivity contribution is 7.30. The number of fused-ring (bicyclic) bond motifs is 5. The summed E-state index contributed by atoms with van der Waals surface area (Å²) in [4.78, 5) is 9.76. The highest BCUT2D eigenvalue weighted by atomic mass is 32.1. The number of rotatable bonds is 3. The monoisotopic (exact) mass is 485 g/mol. The zero-order valence-electron chi connectivity index (χ0n) is 18.6. The maximum absolute atomic E-state index is 3.62. The maximum atomic E-state index is 3.62. The van der Waals surface area contributed by atoms with Crippen LogP contribution >= 0.6 is 22.7 Å². The van der Waals surface area contributed by atoms with E-state index in [0.29, 0.717) is 0 Å². The molecule has 8 aromatic rings. The van der Waals surface area contributed by atoms with Gasteiger partial charge in [-0.2, -0.15) is 0 Å². The van der Waals surface area contributed by atoms with E-state index in [9.17, 15) is 0 Å². The van der Waals surface area contributed by atoms with E-state index in [1.54, 1.807) is 0 Å². The van der Waals surface area contributed by atoms with Gasteiger partial charge in [0.15, 0.2) is 0 Å². The van der Waals surface area contributed by atoms with E-state index in [-0.39, 0.29) is 0 Å². The van der Waals surface area contributed by atoms with Crippen molar-refractivity contribution >= 4 is 64.9 Å². The molecule has 0 radical (unpaired) electrons. The van der Waals surface area contributed by atoms with Gasteiger partial charge in [0.05, 0.1) is 41.6 Å². The van der Waals surface area contributed by atoms with Crippen molar-refractivity contribution in [2.75, 3.05) is 0 Å². The third-order valence-corrected chi connectivity index (χ3v) is 9.20. The molecule has 35 heavy (non-hydrogen) atoms. The fourth-order valence-corrected chi connectivity index (χ4v) is 7.46. The molecule has 3 nitrogen and oxygen atoms in total. The van der Waals surface area contributed by atoms with Gasteiger partial charge >= 0.3 is 0 Å². The van der Waals surface area contributed by atoms with Crippen LogP contribution in [-0.4, -0.2) is 14.5 Å². The van der Waals surface area contributed by atoms with Crippen LogP contribution in [0.5, 0.6) is 0 Å². The lowest BCUT2D eigenvalue weighted by molar-refractivity contribution is 1.18. The maximum Gasteiger partial charge on any atom is 0.0712 e. The molecular weight excluding hydrogens is 466 g/mol. The van der Waals surface area contributed by atoms with Gasteiger partial charge in [0, 0.05) is 27.5 Å². The molecule has 0 aliphatic heterocycles. The van der Waals surface area contributed by atoms with Crippen LogP contribution < -0.4 is 0 Å². The molecule has 0 saturated carbocycles. The molecule has 5 aromatic heterocycles. The first-order valence-corrected chi connectivity index (χ1v) is 13.2. The van der Waals surface area contributed by atoms with Crippen molar-refractivity contribution in [2.24, 2.45) is 0 Å². The Balaban J connectivity index is 1.38. The summed E-state index contributed by atoms with van der Waals surface area (Å²) in [5.74, 6) is 0. The molecule has 8 rings (SSSR count). The number of hydrogen-bond donors (Lipinski definition) is 2. The molecule has 0 bridgehead atoms. The van der Waals surface area contributed by atoms with Crippen molar-refractivity contribution in [3.05, 3.63) is 103 Å². The van der Waals surface area contributed by atoms with Crippen LogP contribution in [0.15, 0.2) is 103 Å². The summed E-state index contributed by atoms with van der Waals surface area (Å²) in [5, 5.41) is 2.49. The molecule has 0 aliphatic carbocycles. The van der Waals surface area contributed by atoms with Gasteiger partial charge < -0.3 is 14.5 Å². The lowest BCUT2D eigenvalue weighted by atomic mass is 10.2. The first kappa shape index (κ1) is 19.3. The molecule has 0 amide bonds. The highest BCUT2D eigenvalue weighted by Crippen LogP contribution is 2.46. The molecule has 0 saturated heterocycles. The molecule has 5 heterocycles. The van der Waals surface area contributed by atoms with E-state index < -0.39 is 0 Å². The second-order valence-corrected chi connectivity index (χ2v) is 11.0. The van der Waals surface area contributed by atoms with Crippen LogP contribution in [0.25, 0.3) is 69.1 Å². The van der Waals surface area contributed by atoms with Gasteiger partial charge in [-0.1, -0.05) is 54.6 Å². The summed E-state index contributed by atoms with van der Waals surface area (Å²) in [6.07, 6.45) is 0. The van der Waals surface area contributed by atoms with Crippen LogP contribution in [-0.2, 0) is 0 Å². The molecule has 0 fully saturated rings. The van der Waals surface area contributed by atoms with Crippen molar-refractivity contribution in [1.82, 2.24) is 14.5 Å². The van der Waals surface area contributed by atoms with Gasteiger partial charge in [0.2, 0.25) is 0 Å². The first-order chi connectivity index (χ1) is 17.3. The van der Waals surface area contributed by atoms with E-state index >= 15 is 0 Å². The number of nitrogens with one attached hydrogen (secondary N) is 2. The number of aromatic nitrogens is 3. The van der Waals surface area contributed by atoms with Crippen molar-refractivity contribution in [3.63, 3.8) is 0 Å². The van der Waals surface area contributed by atoms with E-state index in [4.69, 9.17) is 0 Å². The molecule has 0 aliphatic rings. The molecule has 0 unspecified atom stereocenters. The largest absolute Gasteiger partial charge is 0.354 e. The number of thiophene rings is 2. The molecule has 3 aromatic carbocycles. The second kappa shape index (κ2) is 7.22. The Hall–Kier alpha value is -4.06. The van der Waals surface area contributed by atoms with Crippen LogP contribution in [0.1, 0.15) is 0 Å². The average molecular weight is 486 g/mol. The predicted molar refractivity (Wildman–Crippen MR) is 151 cm³/mol. The third-order valence-electron chi connectivity index (χ3n) is 6.72. The number of H-pyrrole nitrogens is 2. The fraction of sp³-hybridized carbons (Fsp3) is 0. The number of benzene rings is 3. The van der Waals surface area contributed by atoms with Gasteiger partial charge in [0.1, 0.15) is 0 Å². The second-order valence-electron chi connectivity index (χ2n) is 8.86. The minimum atomic E-state index is 1.17. The van der Waals surface area contributed by atoms with Crippen LogP contribution in [0.3, 0.4) is 0 Å². The summed E-state index contributed by atoms with van der Waals surface area (Å²) in [7, 11) is 0. The lowest BCUT2D eigenvalue weighted by Gasteiger charge is -2.05. The van der Waals surface area contributed by atoms with Crippen molar-refractivity contribution in [3.8, 4) is 26.8 Å². The van der Waals surface area contributed by atoms with Gasteiger partial charge in [-0.15, -0.1) is 22.7 Å². The molecular formula is C30H19N3S2. The van der Waals surface area contributed by atoms with Gasteiger partial charge in [0.25, 0.3) is 0 Å². The summed E-state index contributed by atoms with van der Waals surface area (Å²) >= 11 is 3.74. The van der Waals surface area contributed by atoms with E-state index in [2.05, 4.69) is 118 Å². The quantitative estimate of drug-likeness (QED) is 0.250. The zero-order chi connectivity index (χ0) is 22.9. The Morgan fingerprint density at radius 2 is 1.00 bits per heavy atom. The van der Waals surface area contributed by atoms with Gasteiger partial charge in [-0.3, -0.25) is 0 Å². The van der Waals surface area contributed by atoms with E-state index in [1.165, 1.54) is 69.1 Å². The van der Waals surface area contributed by atoms with Crippen molar-refractivity contribution < 1.29 is 0 Å². The molecule has 0 spiro atoms. The fourth-order valence-electron chi connectivity index (χ4n) is 5.08. The lowest BCUT2D eigenvalue weighted by Crippen LogP contribution is -1.91. The standard InChI is InChI=1S/C30H19N3S2/c1-2-10-20(11-3-1)33-25-16-27(23-14-18-8-4-6-12-21(18)31-23)34-29(25)30-26(33)17-28(35-30)24-15-19-9-5-7-13-22(19)32-24/h1-17,31-32H. The topological polar surface area (TPSA) is 36.5 Å². The number of para-hydroxylation sites is 3. The van der Waals surface area contributed by atoms with Crippen LogP contribution in [0.4, 0.5) is 0 Å². The Labute approximate surface area is 208 Å². The van der Waals surface area contributed by atoms with Crippen molar-refractivity contribution in [2.45, 2.75) is 0 Å². The summed E-state index contributed by atoms with van der Waals surface area (Å²) in [6, 6.07) is 36.8. The van der Waals surface area contributed by atoms with Gasteiger partial charge in [-0.05, 0) is 48.5 Å². The molecule has 166 valence electrons. The van der Waals surface area contributed by atoms with Crippen LogP contribution in [0, 0.1) is 0 Å². The zero-order valence-corrected chi connectivity index (χ0v) is 20.2. The first-order valence-electron chi connectivity index (χ1n) is 11.6. The average Bonchev–Trinajstić information content (AvgIpc) is 3.69. The van der Waals surface area contributed by atoms with Gasteiger partial charge in [-0.25, -0.2) is 0 Å². The third kappa shape index (κ3) is 2.89. The number of aromatic amines is 2. The molecule has 2 N–H and O–H groups in total. The SMILES string of the molecule is c1ccc(-n2c3cc(-c4cc5ccccc5[nH]4)sc3c3sc(-c4cc5ccccc5[nH]4)cc32)cc1. The Morgan fingerprint density at radius 1 is 0.514 bits per heavy atom. The Bertz CT molecular complexity index is 1820. The number of hydrogen-bond acceptors (Lipinski definition) is 2. The minimum Gasteiger partial charge on any atom is -0.354 e. The van der Waals surface area contributed by atoms with Crippen molar-refractivity contribution in [1.29, 1.82) is 0 Å².